The van der Waals surface area contributed by atoms with Gasteiger partial charge >= 0.3 is 0 Å². The molecule has 1 saturated heterocycles. The molecule has 5 nitrogen and oxygen atoms in total. The Bertz CT molecular complexity index is 643. The summed E-state index contributed by atoms with van der Waals surface area (Å²) in [5.41, 5.74) is 8.16. The molecule has 2 N–H and O–H groups in total. The predicted octanol–water partition coefficient (Wildman–Crippen LogP) is 1.58. The Morgan fingerprint density at radius 2 is 2.05 bits per heavy atom. The number of likely N-dealkylation sites (tertiary alicyclic amines) is 1. The van der Waals surface area contributed by atoms with E-state index in [1.807, 2.05) is 23.1 Å². The van der Waals surface area contributed by atoms with Crippen molar-refractivity contribution < 1.29 is 4.79 Å². The number of aromatic nitrogens is 2. The highest BCUT2D eigenvalue weighted by atomic mass is 16.2. The Balaban J connectivity index is 1.88. The minimum Gasteiger partial charge on any atom is -0.336 e. The zero-order valence-corrected chi connectivity index (χ0v) is 11.5. The number of nitrogens with zero attached hydrogens (tertiary/aromatic N) is 3. The van der Waals surface area contributed by atoms with E-state index in [0.717, 1.165) is 30.4 Å². The molecule has 1 amide bonds. The maximum absolute atomic E-state index is 12.6. The van der Waals surface area contributed by atoms with E-state index in [0.29, 0.717) is 5.56 Å². The lowest BCUT2D eigenvalue weighted by molar-refractivity contribution is 0.0619. The van der Waals surface area contributed by atoms with E-state index in [4.69, 9.17) is 5.73 Å². The average Bonchev–Trinajstić information content (AvgIpc) is 2.46. The number of hydrogen-bond acceptors (Lipinski definition) is 4. The van der Waals surface area contributed by atoms with Gasteiger partial charge in [0.2, 0.25) is 0 Å². The topological polar surface area (TPSA) is 72.1 Å². The standard InChI is InChI=1S/C15H18N4O/c1-10-8-12(16)4-7-19(10)15(20)11-2-3-13-14(9-11)18-6-5-17-13/h2-3,5-6,9-10,12H,4,7-8,16H2,1H3. The summed E-state index contributed by atoms with van der Waals surface area (Å²) >= 11 is 0. The van der Waals surface area contributed by atoms with Gasteiger partial charge in [-0.05, 0) is 38.0 Å². The fourth-order valence-corrected chi connectivity index (χ4v) is 2.77. The number of amides is 1. The highest BCUT2D eigenvalue weighted by Gasteiger charge is 2.27. The fourth-order valence-electron chi connectivity index (χ4n) is 2.77. The van der Waals surface area contributed by atoms with Gasteiger partial charge in [-0.2, -0.15) is 0 Å². The average molecular weight is 270 g/mol. The zero-order valence-electron chi connectivity index (χ0n) is 11.5. The van der Waals surface area contributed by atoms with Gasteiger partial charge in [-0.15, -0.1) is 0 Å². The van der Waals surface area contributed by atoms with E-state index in [1.54, 1.807) is 12.4 Å². The molecule has 0 bridgehead atoms. The van der Waals surface area contributed by atoms with E-state index in [2.05, 4.69) is 16.9 Å². The maximum Gasteiger partial charge on any atom is 0.254 e. The van der Waals surface area contributed by atoms with Crippen LogP contribution in [0.1, 0.15) is 30.1 Å². The minimum absolute atomic E-state index is 0.0527. The van der Waals surface area contributed by atoms with Crippen LogP contribution in [0.3, 0.4) is 0 Å². The van der Waals surface area contributed by atoms with E-state index in [9.17, 15) is 4.79 Å². The first-order chi connectivity index (χ1) is 9.65. The Hall–Kier alpha value is -2.01. The van der Waals surface area contributed by atoms with E-state index in [1.165, 1.54) is 0 Å². The lowest BCUT2D eigenvalue weighted by Gasteiger charge is -2.36. The van der Waals surface area contributed by atoms with Crippen LogP contribution in [0, 0.1) is 0 Å². The molecule has 1 aliphatic heterocycles. The summed E-state index contributed by atoms with van der Waals surface area (Å²) in [5.74, 6) is 0.0527. The van der Waals surface area contributed by atoms with Crippen LogP contribution >= 0.6 is 0 Å². The molecule has 0 saturated carbocycles. The minimum atomic E-state index is 0.0527. The highest BCUT2D eigenvalue weighted by molar-refractivity contribution is 5.97. The van der Waals surface area contributed by atoms with Crippen molar-refractivity contribution in [2.24, 2.45) is 5.73 Å². The van der Waals surface area contributed by atoms with E-state index in [-0.39, 0.29) is 18.0 Å². The molecule has 2 aromatic rings. The molecule has 2 atom stereocenters. The molecule has 0 aliphatic carbocycles. The second-order valence-electron chi connectivity index (χ2n) is 5.39. The molecule has 1 fully saturated rings. The number of carbonyl (C=O) groups is 1. The zero-order chi connectivity index (χ0) is 14.1. The lowest BCUT2D eigenvalue weighted by atomic mass is 9.98. The largest absolute Gasteiger partial charge is 0.336 e. The molecule has 0 radical (unpaired) electrons. The summed E-state index contributed by atoms with van der Waals surface area (Å²) in [5, 5.41) is 0. The quantitative estimate of drug-likeness (QED) is 0.854. The molecular formula is C15H18N4O. The van der Waals surface area contributed by atoms with Gasteiger partial charge in [-0.3, -0.25) is 14.8 Å². The molecule has 20 heavy (non-hydrogen) atoms. The van der Waals surface area contributed by atoms with Crippen LogP contribution in [0.25, 0.3) is 11.0 Å². The monoisotopic (exact) mass is 270 g/mol. The van der Waals surface area contributed by atoms with E-state index < -0.39 is 0 Å². The van der Waals surface area contributed by atoms with Crippen molar-refractivity contribution in [3.05, 3.63) is 36.2 Å². The van der Waals surface area contributed by atoms with Crippen molar-refractivity contribution >= 4 is 16.9 Å². The van der Waals surface area contributed by atoms with Crippen LogP contribution in [-0.4, -0.2) is 39.4 Å². The molecule has 0 spiro atoms. The Morgan fingerprint density at radius 1 is 1.30 bits per heavy atom. The van der Waals surface area contributed by atoms with Gasteiger partial charge < -0.3 is 10.6 Å². The maximum atomic E-state index is 12.6. The van der Waals surface area contributed by atoms with E-state index >= 15 is 0 Å². The Kier molecular flexibility index (Phi) is 3.36. The number of benzene rings is 1. The number of hydrogen-bond donors (Lipinski definition) is 1. The van der Waals surface area contributed by atoms with Crippen LogP contribution < -0.4 is 5.73 Å². The van der Waals surface area contributed by atoms with Crippen molar-refractivity contribution in [1.82, 2.24) is 14.9 Å². The van der Waals surface area contributed by atoms with Crippen molar-refractivity contribution in [1.29, 1.82) is 0 Å². The summed E-state index contributed by atoms with van der Waals surface area (Å²) in [6.45, 7) is 2.78. The summed E-state index contributed by atoms with van der Waals surface area (Å²) in [7, 11) is 0. The molecule has 5 heteroatoms. The normalized spacial score (nSPS) is 23.0. The molecule has 1 aromatic carbocycles. The van der Waals surface area contributed by atoms with Crippen molar-refractivity contribution in [2.45, 2.75) is 31.8 Å². The summed E-state index contributed by atoms with van der Waals surface area (Å²) in [6, 6.07) is 5.86. The smallest absolute Gasteiger partial charge is 0.254 e. The predicted molar refractivity (Wildman–Crippen MR) is 77.2 cm³/mol. The lowest BCUT2D eigenvalue weighted by Crippen LogP contribution is -2.48. The molecule has 2 heterocycles. The first-order valence-electron chi connectivity index (χ1n) is 6.92. The number of fused-ring (bicyclic) bond motifs is 1. The third kappa shape index (κ3) is 2.36. The highest BCUT2D eigenvalue weighted by Crippen LogP contribution is 2.20. The van der Waals surface area contributed by atoms with Crippen LogP contribution in [-0.2, 0) is 0 Å². The molecule has 1 aliphatic rings. The molecular weight excluding hydrogens is 252 g/mol. The first-order valence-corrected chi connectivity index (χ1v) is 6.92. The second-order valence-corrected chi connectivity index (χ2v) is 5.39. The van der Waals surface area contributed by atoms with Crippen LogP contribution in [0.2, 0.25) is 0 Å². The van der Waals surface area contributed by atoms with Gasteiger partial charge in [-0.1, -0.05) is 0 Å². The number of rotatable bonds is 1. The van der Waals surface area contributed by atoms with Gasteiger partial charge in [-0.25, -0.2) is 0 Å². The summed E-state index contributed by atoms with van der Waals surface area (Å²) in [4.78, 5) is 23.0. The Morgan fingerprint density at radius 3 is 2.80 bits per heavy atom. The first kappa shape index (κ1) is 13.0. The van der Waals surface area contributed by atoms with Gasteiger partial charge in [0.1, 0.15) is 0 Å². The van der Waals surface area contributed by atoms with Gasteiger partial charge in [0.25, 0.3) is 5.91 Å². The van der Waals surface area contributed by atoms with Crippen molar-refractivity contribution in [2.75, 3.05) is 6.54 Å². The molecule has 104 valence electrons. The third-order valence-electron chi connectivity index (χ3n) is 3.89. The fraction of sp³-hybridized carbons (Fsp3) is 0.400. The van der Waals surface area contributed by atoms with Gasteiger partial charge in [0.15, 0.2) is 0 Å². The number of nitrogens with two attached hydrogens (primary N) is 1. The summed E-state index contributed by atoms with van der Waals surface area (Å²) < 4.78 is 0. The Labute approximate surface area is 117 Å². The third-order valence-corrected chi connectivity index (χ3v) is 3.89. The molecule has 3 rings (SSSR count). The van der Waals surface area contributed by atoms with Crippen LogP contribution in [0.4, 0.5) is 0 Å². The molecule has 1 aromatic heterocycles. The van der Waals surface area contributed by atoms with Crippen molar-refractivity contribution in [3.63, 3.8) is 0 Å². The van der Waals surface area contributed by atoms with Crippen molar-refractivity contribution in [3.8, 4) is 0 Å². The number of piperidine rings is 1. The number of carbonyl (C=O) groups excluding carboxylic acids is 1. The van der Waals surface area contributed by atoms with Crippen LogP contribution in [0.5, 0.6) is 0 Å². The molecule has 2 unspecified atom stereocenters. The SMILES string of the molecule is CC1CC(N)CCN1C(=O)c1ccc2nccnc2c1. The summed E-state index contributed by atoms with van der Waals surface area (Å²) in [6.07, 6.45) is 5.01. The van der Waals surface area contributed by atoms with Crippen LogP contribution in [0.15, 0.2) is 30.6 Å². The second kappa shape index (κ2) is 5.17. The van der Waals surface area contributed by atoms with Gasteiger partial charge in [0, 0.05) is 36.6 Å². The van der Waals surface area contributed by atoms with Gasteiger partial charge in [0.05, 0.1) is 11.0 Å².